The monoisotopic (exact) mass is 278 g/mol. The molecule has 6 heteroatoms. The van der Waals surface area contributed by atoms with Crippen molar-refractivity contribution >= 4 is 11.1 Å². The molecule has 6 nitrogen and oxygen atoms in total. The highest BCUT2D eigenvalue weighted by Crippen LogP contribution is 2.32. The molecule has 0 aliphatic rings. The van der Waals surface area contributed by atoms with Crippen molar-refractivity contribution in [2.45, 2.75) is 0 Å². The number of hydrogen-bond donors (Lipinski definition) is 1. The van der Waals surface area contributed by atoms with Crippen LogP contribution in [0.1, 0.15) is 0 Å². The Hall–Kier alpha value is -3.15. The third kappa shape index (κ3) is 1.93. The molecule has 0 bridgehead atoms. The minimum Gasteiger partial charge on any atom is -0.507 e. The molecule has 0 saturated heterocycles. The van der Waals surface area contributed by atoms with Crippen molar-refractivity contribution in [1.29, 1.82) is 0 Å². The van der Waals surface area contributed by atoms with Crippen molar-refractivity contribution in [2.24, 2.45) is 0 Å². The van der Waals surface area contributed by atoms with Gasteiger partial charge < -0.3 is 9.52 Å². The highest BCUT2D eigenvalue weighted by atomic mass is 16.3. The van der Waals surface area contributed by atoms with E-state index in [2.05, 4.69) is 15.2 Å². The van der Waals surface area contributed by atoms with E-state index < -0.39 is 0 Å². The summed E-state index contributed by atoms with van der Waals surface area (Å²) in [5, 5.41) is 17.7. The molecule has 1 N–H and O–H groups in total. The van der Waals surface area contributed by atoms with Crippen LogP contribution in [0.5, 0.6) is 5.75 Å². The lowest BCUT2D eigenvalue weighted by molar-refractivity contribution is 0.474. The highest BCUT2D eigenvalue weighted by molar-refractivity contribution is 5.77. The molecule has 0 saturated carbocycles. The summed E-state index contributed by atoms with van der Waals surface area (Å²) in [7, 11) is 0. The Morgan fingerprint density at radius 1 is 1.00 bits per heavy atom. The van der Waals surface area contributed by atoms with Gasteiger partial charge in [-0.15, -0.1) is 10.2 Å². The summed E-state index contributed by atoms with van der Waals surface area (Å²) >= 11 is 0. The Kier molecular flexibility index (Phi) is 2.47. The average molecular weight is 278 g/mol. The van der Waals surface area contributed by atoms with E-state index in [0.29, 0.717) is 17.0 Å². The molecule has 0 aliphatic carbocycles. The third-order valence-corrected chi connectivity index (χ3v) is 3.22. The SMILES string of the molecule is Oc1cc(-n2cnnc2)ccc1-c1nc2ccccc2o1. The van der Waals surface area contributed by atoms with Crippen LogP contribution in [-0.4, -0.2) is 24.9 Å². The maximum Gasteiger partial charge on any atom is 0.231 e. The van der Waals surface area contributed by atoms with Gasteiger partial charge in [0.2, 0.25) is 5.89 Å². The van der Waals surface area contributed by atoms with E-state index >= 15 is 0 Å². The quantitative estimate of drug-likeness (QED) is 0.610. The number of para-hydroxylation sites is 2. The number of hydrogen-bond acceptors (Lipinski definition) is 5. The van der Waals surface area contributed by atoms with Crippen molar-refractivity contribution in [2.75, 3.05) is 0 Å². The molecule has 2 aromatic carbocycles. The molecular weight excluding hydrogens is 268 g/mol. The molecular formula is C15H10N4O2. The van der Waals surface area contributed by atoms with Gasteiger partial charge >= 0.3 is 0 Å². The topological polar surface area (TPSA) is 77.0 Å². The van der Waals surface area contributed by atoms with E-state index in [4.69, 9.17) is 4.42 Å². The van der Waals surface area contributed by atoms with Gasteiger partial charge in [0.1, 0.15) is 23.9 Å². The Labute approximate surface area is 119 Å². The zero-order chi connectivity index (χ0) is 14.2. The number of nitrogens with zero attached hydrogens (tertiary/aromatic N) is 4. The molecule has 4 rings (SSSR count). The van der Waals surface area contributed by atoms with Crippen LogP contribution in [0.2, 0.25) is 0 Å². The van der Waals surface area contributed by atoms with Crippen molar-refractivity contribution in [3.8, 4) is 22.9 Å². The number of aromatic hydroxyl groups is 1. The highest BCUT2D eigenvalue weighted by Gasteiger charge is 2.12. The molecule has 0 amide bonds. The lowest BCUT2D eigenvalue weighted by atomic mass is 10.2. The summed E-state index contributed by atoms with van der Waals surface area (Å²) in [6, 6.07) is 12.7. The first-order valence-corrected chi connectivity index (χ1v) is 6.35. The van der Waals surface area contributed by atoms with Gasteiger partial charge in [-0.3, -0.25) is 4.57 Å². The van der Waals surface area contributed by atoms with Gasteiger partial charge in [0, 0.05) is 6.07 Å². The van der Waals surface area contributed by atoms with Crippen LogP contribution < -0.4 is 0 Å². The summed E-state index contributed by atoms with van der Waals surface area (Å²) in [6.07, 6.45) is 3.13. The van der Waals surface area contributed by atoms with Crippen LogP contribution in [-0.2, 0) is 0 Å². The molecule has 2 aromatic heterocycles. The van der Waals surface area contributed by atoms with Crippen LogP contribution in [0.15, 0.2) is 59.5 Å². The van der Waals surface area contributed by atoms with Crippen LogP contribution in [0.4, 0.5) is 0 Å². The lowest BCUT2D eigenvalue weighted by Gasteiger charge is -2.04. The van der Waals surface area contributed by atoms with Crippen LogP contribution >= 0.6 is 0 Å². The Bertz CT molecular complexity index is 879. The van der Waals surface area contributed by atoms with Gasteiger partial charge in [-0.05, 0) is 24.3 Å². The molecule has 21 heavy (non-hydrogen) atoms. The minimum absolute atomic E-state index is 0.0905. The summed E-state index contributed by atoms with van der Waals surface area (Å²) in [5.74, 6) is 0.483. The fourth-order valence-corrected chi connectivity index (χ4v) is 2.18. The number of oxazole rings is 1. The second-order valence-corrected chi connectivity index (χ2v) is 4.56. The van der Waals surface area contributed by atoms with Gasteiger partial charge in [0.25, 0.3) is 0 Å². The minimum atomic E-state index is 0.0905. The first-order valence-electron chi connectivity index (χ1n) is 6.35. The number of fused-ring (bicyclic) bond motifs is 1. The zero-order valence-electron chi connectivity index (χ0n) is 10.8. The normalized spacial score (nSPS) is 11.0. The predicted molar refractivity (Wildman–Crippen MR) is 76.0 cm³/mol. The smallest absolute Gasteiger partial charge is 0.231 e. The van der Waals surface area contributed by atoms with Crippen molar-refractivity contribution in [3.63, 3.8) is 0 Å². The summed E-state index contributed by atoms with van der Waals surface area (Å²) < 4.78 is 7.37. The fraction of sp³-hybridized carbons (Fsp3) is 0. The third-order valence-electron chi connectivity index (χ3n) is 3.22. The predicted octanol–water partition coefficient (Wildman–Crippen LogP) is 2.78. The first-order chi connectivity index (χ1) is 10.3. The molecule has 0 spiro atoms. The van der Waals surface area contributed by atoms with Crippen molar-refractivity contribution < 1.29 is 9.52 Å². The van der Waals surface area contributed by atoms with E-state index in [0.717, 1.165) is 11.2 Å². The van der Waals surface area contributed by atoms with E-state index in [-0.39, 0.29) is 5.75 Å². The van der Waals surface area contributed by atoms with Crippen LogP contribution in [0.25, 0.3) is 28.2 Å². The van der Waals surface area contributed by atoms with E-state index in [1.807, 2.05) is 30.3 Å². The van der Waals surface area contributed by atoms with Gasteiger partial charge in [-0.25, -0.2) is 4.98 Å². The van der Waals surface area contributed by atoms with Crippen molar-refractivity contribution in [3.05, 3.63) is 55.1 Å². The van der Waals surface area contributed by atoms with Crippen LogP contribution in [0, 0.1) is 0 Å². The molecule has 4 aromatic rings. The van der Waals surface area contributed by atoms with Crippen molar-refractivity contribution in [1.82, 2.24) is 19.7 Å². The maximum atomic E-state index is 10.2. The zero-order valence-corrected chi connectivity index (χ0v) is 10.8. The second kappa shape index (κ2) is 4.45. The number of benzene rings is 2. The van der Waals surface area contributed by atoms with Gasteiger partial charge in [0.15, 0.2) is 5.58 Å². The summed E-state index contributed by atoms with van der Waals surface area (Å²) in [4.78, 5) is 4.38. The van der Waals surface area contributed by atoms with E-state index in [1.165, 1.54) is 0 Å². The maximum absolute atomic E-state index is 10.2. The second-order valence-electron chi connectivity index (χ2n) is 4.56. The number of rotatable bonds is 2. The fourth-order valence-electron chi connectivity index (χ4n) is 2.18. The number of phenols is 1. The largest absolute Gasteiger partial charge is 0.507 e. The van der Waals surface area contributed by atoms with E-state index in [9.17, 15) is 5.11 Å². The number of phenolic OH excluding ortho intramolecular Hbond substituents is 1. The van der Waals surface area contributed by atoms with Crippen LogP contribution in [0.3, 0.4) is 0 Å². The molecule has 102 valence electrons. The molecule has 0 aliphatic heterocycles. The average Bonchev–Trinajstić information content (AvgIpc) is 3.16. The summed E-state index contributed by atoms with van der Waals surface area (Å²) in [5.41, 5.74) is 2.75. The Morgan fingerprint density at radius 2 is 1.81 bits per heavy atom. The molecule has 0 fully saturated rings. The summed E-state index contributed by atoms with van der Waals surface area (Å²) in [6.45, 7) is 0. The first kappa shape index (κ1) is 11.7. The molecule has 0 unspecified atom stereocenters. The molecule has 0 radical (unpaired) electrons. The van der Waals surface area contributed by atoms with Gasteiger partial charge in [0.05, 0.1) is 11.3 Å². The Balaban J connectivity index is 1.81. The van der Waals surface area contributed by atoms with Gasteiger partial charge in [-0.2, -0.15) is 0 Å². The Morgan fingerprint density at radius 3 is 2.57 bits per heavy atom. The van der Waals surface area contributed by atoms with E-state index in [1.54, 1.807) is 29.4 Å². The molecule has 2 heterocycles. The standard InChI is InChI=1S/C15H10N4O2/c20-13-7-10(19-8-16-17-9-19)5-6-11(13)15-18-12-3-1-2-4-14(12)21-15/h1-9,20H. The van der Waals surface area contributed by atoms with Gasteiger partial charge in [-0.1, -0.05) is 12.1 Å². The molecule has 0 atom stereocenters. The number of aromatic nitrogens is 4. The lowest BCUT2D eigenvalue weighted by Crippen LogP contribution is -1.90.